The number of halogens is 1. The van der Waals surface area contributed by atoms with E-state index in [0.717, 1.165) is 35.2 Å². The van der Waals surface area contributed by atoms with Crippen LogP contribution in [0.15, 0.2) is 41.6 Å². The number of aromatic amines is 1. The number of hydrogen-bond acceptors (Lipinski definition) is 5. The van der Waals surface area contributed by atoms with E-state index in [1.807, 2.05) is 18.2 Å². The first-order chi connectivity index (χ1) is 14.1. The lowest BCUT2D eigenvalue weighted by molar-refractivity contribution is -0.113. The standard InChI is InChI=1S/C21H20FN5OS/c1-3-12-6-5-7-13(4-2)18(12)24-17(28)11-29-21-25-20-19(26-27-21)15-10-14(22)8-9-16(15)23-20/h5-10H,3-4,11H2,1-2H3,(H,24,28)(H,23,25,27). The van der Waals surface area contributed by atoms with Crippen LogP contribution in [0.5, 0.6) is 0 Å². The summed E-state index contributed by atoms with van der Waals surface area (Å²) in [6, 6.07) is 10.5. The van der Waals surface area contributed by atoms with E-state index in [2.05, 4.69) is 39.3 Å². The second-order valence-electron chi connectivity index (χ2n) is 6.60. The molecule has 4 aromatic rings. The van der Waals surface area contributed by atoms with E-state index in [1.165, 1.54) is 23.9 Å². The smallest absolute Gasteiger partial charge is 0.234 e. The molecule has 6 nitrogen and oxygen atoms in total. The Balaban J connectivity index is 1.50. The van der Waals surface area contributed by atoms with E-state index in [-0.39, 0.29) is 17.5 Å². The number of anilines is 1. The highest BCUT2D eigenvalue weighted by atomic mass is 32.2. The van der Waals surface area contributed by atoms with Crippen molar-refractivity contribution in [1.29, 1.82) is 0 Å². The molecule has 0 unspecified atom stereocenters. The number of H-pyrrole nitrogens is 1. The van der Waals surface area contributed by atoms with Gasteiger partial charge in [-0.2, -0.15) is 0 Å². The van der Waals surface area contributed by atoms with Crippen LogP contribution in [0.4, 0.5) is 10.1 Å². The van der Waals surface area contributed by atoms with Crippen LogP contribution < -0.4 is 5.32 Å². The van der Waals surface area contributed by atoms with Gasteiger partial charge in [0.2, 0.25) is 11.1 Å². The second-order valence-corrected chi connectivity index (χ2v) is 7.54. The highest BCUT2D eigenvalue weighted by Crippen LogP contribution is 2.25. The molecule has 1 amide bonds. The van der Waals surface area contributed by atoms with Gasteiger partial charge in [-0.1, -0.05) is 43.8 Å². The van der Waals surface area contributed by atoms with Crippen molar-refractivity contribution in [3.05, 3.63) is 53.3 Å². The van der Waals surface area contributed by atoms with Crippen LogP contribution in [0.1, 0.15) is 25.0 Å². The number of aromatic nitrogens is 4. The van der Waals surface area contributed by atoms with Crippen LogP contribution in [-0.4, -0.2) is 31.8 Å². The summed E-state index contributed by atoms with van der Waals surface area (Å²) < 4.78 is 13.5. The summed E-state index contributed by atoms with van der Waals surface area (Å²) in [6.07, 6.45) is 1.70. The fraction of sp³-hybridized carbons (Fsp3) is 0.238. The van der Waals surface area contributed by atoms with Gasteiger partial charge in [-0.25, -0.2) is 9.37 Å². The Labute approximate surface area is 171 Å². The van der Waals surface area contributed by atoms with Crippen LogP contribution in [0.3, 0.4) is 0 Å². The largest absolute Gasteiger partial charge is 0.338 e. The van der Waals surface area contributed by atoms with Crippen molar-refractivity contribution >= 4 is 45.4 Å². The van der Waals surface area contributed by atoms with Gasteiger partial charge in [-0.3, -0.25) is 4.79 Å². The lowest BCUT2D eigenvalue weighted by atomic mass is 10.0. The third-order valence-corrected chi connectivity index (χ3v) is 5.59. The molecule has 0 fully saturated rings. The van der Waals surface area contributed by atoms with Gasteiger partial charge in [0.15, 0.2) is 5.65 Å². The Kier molecular flexibility index (Phi) is 5.44. The van der Waals surface area contributed by atoms with Crippen molar-refractivity contribution < 1.29 is 9.18 Å². The molecule has 0 aliphatic rings. The van der Waals surface area contributed by atoms with E-state index < -0.39 is 0 Å². The molecule has 0 bridgehead atoms. The number of carbonyl (C=O) groups is 1. The van der Waals surface area contributed by atoms with Crippen molar-refractivity contribution in [2.45, 2.75) is 31.8 Å². The van der Waals surface area contributed by atoms with E-state index in [4.69, 9.17) is 0 Å². The molecule has 0 aliphatic carbocycles. The number of para-hydroxylation sites is 1. The molecule has 2 aromatic heterocycles. The molecule has 0 saturated heterocycles. The van der Waals surface area contributed by atoms with Crippen molar-refractivity contribution in [2.75, 3.05) is 11.1 Å². The Bertz CT molecular complexity index is 1180. The molecule has 2 aromatic carbocycles. The van der Waals surface area contributed by atoms with E-state index in [0.29, 0.717) is 21.7 Å². The maximum atomic E-state index is 13.5. The zero-order valence-corrected chi connectivity index (χ0v) is 16.9. The highest BCUT2D eigenvalue weighted by molar-refractivity contribution is 7.99. The minimum atomic E-state index is -0.339. The molecule has 2 N–H and O–H groups in total. The quantitative estimate of drug-likeness (QED) is 0.458. The third kappa shape index (κ3) is 3.93. The first-order valence-corrected chi connectivity index (χ1v) is 10.4. The summed E-state index contributed by atoms with van der Waals surface area (Å²) in [7, 11) is 0. The Morgan fingerprint density at radius 1 is 1.14 bits per heavy atom. The Morgan fingerprint density at radius 3 is 2.62 bits per heavy atom. The predicted octanol–water partition coefficient (Wildman–Crippen LogP) is 4.50. The van der Waals surface area contributed by atoms with Crippen LogP contribution in [0.25, 0.3) is 22.1 Å². The van der Waals surface area contributed by atoms with E-state index >= 15 is 0 Å². The number of amides is 1. The molecule has 4 rings (SSSR count). The van der Waals surface area contributed by atoms with Gasteiger partial charge in [0.05, 0.1) is 5.75 Å². The number of nitrogens with one attached hydrogen (secondary N) is 2. The number of hydrogen-bond donors (Lipinski definition) is 2. The summed E-state index contributed by atoms with van der Waals surface area (Å²) in [4.78, 5) is 20.0. The molecule has 0 spiro atoms. The number of nitrogens with zero attached hydrogens (tertiary/aromatic N) is 3. The monoisotopic (exact) mass is 409 g/mol. The van der Waals surface area contributed by atoms with Gasteiger partial charge >= 0.3 is 0 Å². The maximum Gasteiger partial charge on any atom is 0.234 e. The van der Waals surface area contributed by atoms with Crippen molar-refractivity contribution in [2.24, 2.45) is 0 Å². The lowest BCUT2D eigenvalue weighted by Gasteiger charge is -2.14. The molecule has 29 heavy (non-hydrogen) atoms. The predicted molar refractivity (Wildman–Crippen MR) is 114 cm³/mol. The van der Waals surface area contributed by atoms with Crippen molar-refractivity contribution in [3.8, 4) is 0 Å². The van der Waals surface area contributed by atoms with E-state index in [9.17, 15) is 9.18 Å². The van der Waals surface area contributed by atoms with Gasteiger partial charge in [-0.05, 0) is 42.2 Å². The third-order valence-electron chi connectivity index (χ3n) is 4.75. The van der Waals surface area contributed by atoms with Gasteiger partial charge < -0.3 is 10.3 Å². The van der Waals surface area contributed by atoms with Crippen molar-refractivity contribution in [1.82, 2.24) is 20.2 Å². The molecule has 0 saturated carbocycles. The number of rotatable bonds is 6. The lowest BCUT2D eigenvalue weighted by Crippen LogP contribution is -2.17. The first kappa shape index (κ1) is 19.3. The normalized spacial score (nSPS) is 11.3. The number of fused-ring (bicyclic) bond motifs is 3. The number of carbonyl (C=O) groups excluding carboxylic acids is 1. The fourth-order valence-corrected chi connectivity index (χ4v) is 3.89. The number of benzene rings is 2. The van der Waals surface area contributed by atoms with Crippen LogP contribution >= 0.6 is 11.8 Å². The second kappa shape index (κ2) is 8.16. The summed E-state index contributed by atoms with van der Waals surface area (Å²) in [5, 5.41) is 12.3. The molecular weight excluding hydrogens is 389 g/mol. The molecule has 0 atom stereocenters. The average Bonchev–Trinajstić information content (AvgIpc) is 3.09. The maximum absolute atomic E-state index is 13.5. The summed E-state index contributed by atoms with van der Waals surface area (Å²) in [6.45, 7) is 4.14. The van der Waals surface area contributed by atoms with Gasteiger partial charge in [0.1, 0.15) is 11.3 Å². The average molecular weight is 409 g/mol. The Hall–Kier alpha value is -3.00. The van der Waals surface area contributed by atoms with Crippen LogP contribution in [-0.2, 0) is 17.6 Å². The van der Waals surface area contributed by atoms with Gasteiger partial charge in [0, 0.05) is 16.6 Å². The van der Waals surface area contributed by atoms with Crippen molar-refractivity contribution in [3.63, 3.8) is 0 Å². The fourth-order valence-electron chi connectivity index (χ4n) is 3.30. The zero-order valence-electron chi connectivity index (χ0n) is 16.1. The molecule has 148 valence electrons. The molecule has 8 heteroatoms. The summed E-state index contributed by atoms with van der Waals surface area (Å²) in [5.41, 5.74) is 4.91. The van der Waals surface area contributed by atoms with Gasteiger partial charge in [-0.15, -0.1) is 10.2 Å². The summed E-state index contributed by atoms with van der Waals surface area (Å²) >= 11 is 1.21. The number of thioether (sulfide) groups is 1. The topological polar surface area (TPSA) is 83.6 Å². The molecule has 2 heterocycles. The molecule has 0 aliphatic heterocycles. The number of aryl methyl sites for hydroxylation is 2. The highest BCUT2D eigenvalue weighted by Gasteiger charge is 2.13. The van der Waals surface area contributed by atoms with E-state index in [1.54, 1.807) is 6.07 Å². The Morgan fingerprint density at radius 2 is 1.90 bits per heavy atom. The van der Waals surface area contributed by atoms with Crippen LogP contribution in [0, 0.1) is 5.82 Å². The zero-order chi connectivity index (χ0) is 20.4. The first-order valence-electron chi connectivity index (χ1n) is 9.44. The molecular formula is C21H20FN5OS. The summed E-state index contributed by atoms with van der Waals surface area (Å²) in [5.74, 6) is -0.286. The minimum absolute atomic E-state index is 0.118. The molecule has 0 radical (unpaired) electrons. The van der Waals surface area contributed by atoms with Gasteiger partial charge in [0.25, 0.3) is 0 Å². The SMILES string of the molecule is CCc1cccc(CC)c1NC(=O)CSc1nnc2c(n1)[nH]c1ccc(F)cc12. The van der Waals surface area contributed by atoms with Crippen LogP contribution in [0.2, 0.25) is 0 Å². The minimum Gasteiger partial charge on any atom is -0.338 e.